The fraction of sp³-hybridized carbons (Fsp3) is 0.167. The fourth-order valence-electron chi connectivity index (χ4n) is 4.93. The average molecular weight is 594 g/mol. The van der Waals surface area contributed by atoms with Crippen molar-refractivity contribution in [3.05, 3.63) is 101 Å². The van der Waals surface area contributed by atoms with E-state index in [1.54, 1.807) is 48.5 Å². The first-order chi connectivity index (χ1) is 21.5. The molecule has 1 aliphatic rings. The number of anilines is 2. The Balaban J connectivity index is 1.27. The molecule has 3 aromatic carbocycles. The summed E-state index contributed by atoms with van der Waals surface area (Å²) in [6, 6.07) is 21.7. The monoisotopic (exact) mass is 593 g/mol. The summed E-state index contributed by atoms with van der Waals surface area (Å²) in [4.78, 5) is 28.3. The maximum absolute atomic E-state index is 13.4. The van der Waals surface area contributed by atoms with Gasteiger partial charge in [0.05, 0.1) is 31.1 Å². The molecule has 14 heteroatoms. The number of carbonyl (C=O) groups is 2. The quantitative estimate of drug-likeness (QED) is 0.111. The third kappa shape index (κ3) is 5.68. The van der Waals surface area contributed by atoms with Gasteiger partial charge in [-0.05, 0) is 59.1 Å². The number of aromatic nitrogens is 5. The van der Waals surface area contributed by atoms with Gasteiger partial charge in [0.15, 0.2) is 17.2 Å². The number of ether oxygens (including phenoxy) is 2. The molecule has 0 saturated heterocycles. The highest BCUT2D eigenvalue weighted by molar-refractivity contribution is 5.96. The van der Waals surface area contributed by atoms with Crippen LogP contribution >= 0.6 is 0 Å². The lowest BCUT2D eigenvalue weighted by molar-refractivity contribution is 0.0729. The molecule has 5 aromatic rings. The standard InChI is InChI=1S/C30H27N9O5/c1-42-24-15-7-12-21(26(24)43-30(41)20-10-3-2-4-11-20)17-32-34-29(40)25-23(39(37-33-25)28-27(31)35-44-36-28)18-38-16-8-13-19-9-5-6-14-22(19)38/h2-7,9-12,14-15,17H,8,13,16,18H2,1H3,(H2,31,35)(H,34,40)/b32-17-. The second-order valence-corrected chi connectivity index (χ2v) is 9.76. The number of hydrogen-bond acceptors (Lipinski definition) is 12. The van der Waals surface area contributed by atoms with Crippen LogP contribution < -0.4 is 25.5 Å². The summed E-state index contributed by atoms with van der Waals surface area (Å²) in [6.45, 7) is 1.03. The highest BCUT2D eigenvalue weighted by atomic mass is 16.6. The first kappa shape index (κ1) is 28.1. The van der Waals surface area contributed by atoms with Gasteiger partial charge in [0.1, 0.15) is 0 Å². The highest BCUT2D eigenvalue weighted by Gasteiger charge is 2.27. The minimum atomic E-state index is -0.631. The molecule has 0 spiro atoms. The summed E-state index contributed by atoms with van der Waals surface area (Å²) in [6.07, 6.45) is 3.24. The summed E-state index contributed by atoms with van der Waals surface area (Å²) in [7, 11) is 1.46. The fourth-order valence-corrected chi connectivity index (χ4v) is 4.93. The summed E-state index contributed by atoms with van der Waals surface area (Å²) < 4.78 is 17.2. The number of benzene rings is 3. The molecular weight excluding hydrogens is 566 g/mol. The Morgan fingerprint density at radius 2 is 1.89 bits per heavy atom. The second kappa shape index (κ2) is 12.4. The predicted molar refractivity (Wildman–Crippen MR) is 159 cm³/mol. The maximum Gasteiger partial charge on any atom is 0.343 e. The van der Waals surface area contributed by atoms with E-state index in [1.807, 2.05) is 18.2 Å². The van der Waals surface area contributed by atoms with E-state index in [2.05, 4.69) is 42.1 Å². The Labute approximate surface area is 251 Å². The van der Waals surface area contributed by atoms with Crippen LogP contribution in [0.25, 0.3) is 5.82 Å². The Morgan fingerprint density at radius 1 is 1.07 bits per heavy atom. The lowest BCUT2D eigenvalue weighted by atomic mass is 10.0. The lowest BCUT2D eigenvalue weighted by Gasteiger charge is -2.31. The van der Waals surface area contributed by atoms with Gasteiger partial charge in [-0.15, -0.1) is 5.10 Å². The van der Waals surface area contributed by atoms with Gasteiger partial charge < -0.3 is 20.1 Å². The van der Waals surface area contributed by atoms with Crippen LogP contribution in [-0.4, -0.2) is 57.1 Å². The van der Waals surface area contributed by atoms with E-state index < -0.39 is 11.9 Å². The number of methoxy groups -OCH3 is 1. The van der Waals surface area contributed by atoms with Crippen LogP contribution in [0.2, 0.25) is 0 Å². The SMILES string of the molecule is COc1cccc(/C=N\NC(=O)c2nnn(-c3nonc3N)c2CN2CCCc3ccccc32)c1OC(=O)c1ccccc1. The topological polar surface area (TPSA) is 176 Å². The number of para-hydroxylation sites is 2. The van der Waals surface area contributed by atoms with Crippen molar-refractivity contribution in [1.29, 1.82) is 0 Å². The van der Waals surface area contributed by atoms with E-state index in [1.165, 1.54) is 23.6 Å². The number of fused-ring (bicyclic) bond motifs is 1. The molecule has 222 valence electrons. The minimum absolute atomic E-state index is 0.00391. The second-order valence-electron chi connectivity index (χ2n) is 9.76. The molecule has 0 atom stereocenters. The normalized spacial score (nSPS) is 12.6. The highest BCUT2D eigenvalue weighted by Crippen LogP contribution is 2.31. The van der Waals surface area contributed by atoms with Crippen molar-refractivity contribution < 1.29 is 23.7 Å². The van der Waals surface area contributed by atoms with Gasteiger partial charge in [-0.2, -0.15) is 9.78 Å². The number of esters is 1. The molecule has 0 fully saturated rings. The molecule has 2 aromatic heterocycles. The van der Waals surface area contributed by atoms with Crippen molar-refractivity contribution in [1.82, 2.24) is 30.7 Å². The summed E-state index contributed by atoms with van der Waals surface area (Å²) in [5, 5.41) is 19.9. The van der Waals surface area contributed by atoms with E-state index >= 15 is 0 Å². The number of nitrogens with two attached hydrogens (primary N) is 1. The predicted octanol–water partition coefficient (Wildman–Crippen LogP) is 3.18. The third-order valence-electron chi connectivity index (χ3n) is 7.02. The average Bonchev–Trinajstić information content (AvgIpc) is 3.67. The molecule has 0 aliphatic carbocycles. The summed E-state index contributed by atoms with van der Waals surface area (Å²) >= 11 is 0. The third-order valence-corrected chi connectivity index (χ3v) is 7.02. The van der Waals surface area contributed by atoms with Crippen molar-refractivity contribution in [3.63, 3.8) is 0 Å². The zero-order chi connectivity index (χ0) is 30.5. The Morgan fingerprint density at radius 3 is 2.68 bits per heavy atom. The largest absolute Gasteiger partial charge is 0.493 e. The van der Waals surface area contributed by atoms with Gasteiger partial charge in [0.2, 0.25) is 11.6 Å². The Bertz CT molecular complexity index is 1830. The summed E-state index contributed by atoms with van der Waals surface area (Å²) in [5.74, 6) is -0.636. The molecule has 14 nitrogen and oxygen atoms in total. The number of hydrogen-bond donors (Lipinski definition) is 2. The Hall–Kier alpha value is -6.05. The number of nitrogen functional groups attached to an aromatic ring is 1. The molecule has 0 bridgehead atoms. The molecule has 0 radical (unpaired) electrons. The van der Waals surface area contributed by atoms with Gasteiger partial charge in [-0.3, -0.25) is 4.79 Å². The maximum atomic E-state index is 13.4. The van der Waals surface area contributed by atoms with Crippen LogP contribution in [0.15, 0.2) is 82.5 Å². The number of carbonyl (C=O) groups excluding carboxylic acids is 2. The number of hydrazone groups is 1. The zero-order valence-electron chi connectivity index (χ0n) is 23.6. The molecular formula is C30H27N9O5. The minimum Gasteiger partial charge on any atom is -0.493 e. The molecule has 1 amide bonds. The van der Waals surface area contributed by atoms with E-state index in [9.17, 15) is 9.59 Å². The van der Waals surface area contributed by atoms with Crippen molar-refractivity contribution in [2.24, 2.45) is 5.10 Å². The van der Waals surface area contributed by atoms with Crippen LogP contribution in [0, 0.1) is 0 Å². The van der Waals surface area contributed by atoms with Gasteiger partial charge >= 0.3 is 5.97 Å². The van der Waals surface area contributed by atoms with Crippen molar-refractivity contribution in [3.8, 4) is 17.3 Å². The van der Waals surface area contributed by atoms with Crippen molar-refractivity contribution >= 4 is 29.6 Å². The van der Waals surface area contributed by atoms with Crippen LogP contribution in [0.4, 0.5) is 11.5 Å². The van der Waals surface area contributed by atoms with Gasteiger partial charge in [-0.1, -0.05) is 47.7 Å². The van der Waals surface area contributed by atoms with E-state index in [-0.39, 0.29) is 29.6 Å². The first-order valence-corrected chi connectivity index (χ1v) is 13.7. The Kier molecular flexibility index (Phi) is 7.94. The van der Waals surface area contributed by atoms with E-state index in [4.69, 9.17) is 19.8 Å². The van der Waals surface area contributed by atoms with Crippen LogP contribution in [0.1, 0.15) is 44.1 Å². The molecule has 3 N–H and O–H groups in total. The van der Waals surface area contributed by atoms with Crippen molar-refractivity contribution in [2.45, 2.75) is 19.4 Å². The molecule has 44 heavy (non-hydrogen) atoms. The summed E-state index contributed by atoms with van der Waals surface area (Å²) in [5.41, 5.74) is 11.9. The smallest absolute Gasteiger partial charge is 0.343 e. The van der Waals surface area contributed by atoms with Gasteiger partial charge in [0.25, 0.3) is 5.91 Å². The lowest BCUT2D eigenvalue weighted by Crippen LogP contribution is -2.31. The van der Waals surface area contributed by atoms with Gasteiger partial charge in [0, 0.05) is 17.8 Å². The van der Waals surface area contributed by atoms with E-state index in [0.717, 1.165) is 25.1 Å². The number of nitrogens with one attached hydrogen (secondary N) is 1. The number of nitrogens with zero attached hydrogens (tertiary/aromatic N) is 7. The molecule has 1 aliphatic heterocycles. The number of aryl methyl sites for hydroxylation is 1. The van der Waals surface area contributed by atoms with Crippen molar-refractivity contribution in [2.75, 3.05) is 24.3 Å². The van der Waals surface area contributed by atoms with Gasteiger partial charge in [-0.25, -0.2) is 14.8 Å². The first-order valence-electron chi connectivity index (χ1n) is 13.7. The van der Waals surface area contributed by atoms with E-state index in [0.29, 0.717) is 22.6 Å². The molecule has 3 heterocycles. The molecule has 0 unspecified atom stereocenters. The van der Waals surface area contributed by atoms with Crippen LogP contribution in [0.5, 0.6) is 11.5 Å². The zero-order valence-corrected chi connectivity index (χ0v) is 23.6. The number of rotatable bonds is 9. The van der Waals surface area contributed by atoms with Crippen LogP contribution in [0.3, 0.4) is 0 Å². The molecule has 6 rings (SSSR count). The molecule has 0 saturated carbocycles. The van der Waals surface area contributed by atoms with Crippen LogP contribution in [-0.2, 0) is 13.0 Å². The number of amides is 1.